The quantitative estimate of drug-likeness (QED) is 0.157. The molecule has 0 fully saturated rings. The van der Waals surface area contributed by atoms with Gasteiger partial charge in [-0.25, -0.2) is 0 Å². The minimum Gasteiger partial charge on any atom is -0.778 e. The van der Waals surface area contributed by atoms with Crippen molar-refractivity contribution >= 4 is 22.8 Å². The molecule has 2 heterocycles. The van der Waals surface area contributed by atoms with Gasteiger partial charge in [-0.15, -0.1) is 0 Å². The topological polar surface area (TPSA) is 171 Å². The van der Waals surface area contributed by atoms with E-state index in [9.17, 15) is 28.4 Å². The van der Waals surface area contributed by atoms with Crippen LogP contribution in [0, 0.1) is 38.6 Å². The molecular formula is C26H48N4O9P3Tb. The largest absolute Gasteiger partial charge is 3.00 e. The summed E-state index contributed by atoms with van der Waals surface area (Å²) < 4.78 is 53.9. The summed E-state index contributed by atoms with van der Waals surface area (Å²) in [4.78, 5) is 48.0. The smallest absolute Gasteiger partial charge is 0.778 e. The molecule has 0 spiro atoms. The number of aromatic nitrogens is 1. The minimum absolute atomic E-state index is 0. The van der Waals surface area contributed by atoms with Gasteiger partial charge in [0.2, 0.25) is 0 Å². The van der Waals surface area contributed by atoms with Crippen LogP contribution < -0.4 is 14.7 Å². The van der Waals surface area contributed by atoms with Crippen molar-refractivity contribution in [2.75, 3.05) is 64.9 Å². The standard InChI is InChI=1S/C26H51N4O9P3.Tb/c1-4-7-17-37-40(31,32)22-28-13-15-29(23-41(33,34)38-18-8-5-2)20-25-11-10-12-26(27-25)21-30(16-14-28)24-42(35,36)39-19-9-6-3;/h10-12H,4-9,13-24H2,1-3H3,(H,31,32)(H,33,34)(H,35,36);/q;+3/p-3. The zero-order valence-corrected chi connectivity index (χ0v) is 30.4. The van der Waals surface area contributed by atoms with E-state index in [4.69, 9.17) is 13.6 Å². The Bertz CT molecular complexity index is 1010. The van der Waals surface area contributed by atoms with Crippen molar-refractivity contribution in [1.29, 1.82) is 0 Å². The fourth-order valence-corrected chi connectivity index (χ4v) is 7.99. The van der Waals surface area contributed by atoms with Gasteiger partial charge < -0.3 is 41.9 Å². The van der Waals surface area contributed by atoms with Crippen LogP contribution in [0.3, 0.4) is 0 Å². The molecule has 0 radical (unpaired) electrons. The van der Waals surface area contributed by atoms with Crippen LogP contribution >= 0.6 is 22.8 Å². The van der Waals surface area contributed by atoms with Crippen molar-refractivity contribution < 1.29 is 80.6 Å². The Morgan fingerprint density at radius 1 is 0.651 bits per heavy atom. The first-order valence-corrected chi connectivity index (χ1v) is 20.0. The SMILES string of the molecule is CCCCOP(=O)([O-])CN1CCN(CP(=O)([O-])OCCCC)Cc2cccc(n2)CN(CP(=O)([O-])OCCCC)CC1.[Tb+3]. The van der Waals surface area contributed by atoms with Crippen LogP contribution in [0.4, 0.5) is 0 Å². The summed E-state index contributed by atoms with van der Waals surface area (Å²) in [7, 11) is -12.6. The number of fused-ring (bicyclic) bond motifs is 2. The van der Waals surface area contributed by atoms with Gasteiger partial charge in [-0.05, 0) is 31.4 Å². The first kappa shape index (κ1) is 41.8. The van der Waals surface area contributed by atoms with Crippen LogP contribution in [0.15, 0.2) is 18.2 Å². The van der Waals surface area contributed by atoms with E-state index in [1.54, 1.807) is 32.9 Å². The fourth-order valence-electron chi connectivity index (χ4n) is 4.28. The summed E-state index contributed by atoms with van der Waals surface area (Å²) in [5, 5.41) is 0. The van der Waals surface area contributed by atoms with Gasteiger partial charge in [0.1, 0.15) is 22.8 Å². The monoisotopic (exact) mass is 812 g/mol. The molecule has 0 N–H and O–H groups in total. The van der Waals surface area contributed by atoms with E-state index in [2.05, 4.69) is 4.98 Å². The van der Waals surface area contributed by atoms with Gasteiger partial charge in [-0.2, -0.15) is 0 Å². The van der Waals surface area contributed by atoms with Crippen molar-refractivity contribution in [2.24, 2.45) is 0 Å². The molecule has 1 aromatic rings. The van der Waals surface area contributed by atoms with Crippen LogP contribution in [-0.4, -0.2) is 84.5 Å². The maximum Gasteiger partial charge on any atom is 3.00 e. The summed E-state index contributed by atoms with van der Waals surface area (Å²) in [5.74, 6) is 0. The molecule has 0 aliphatic carbocycles. The first-order chi connectivity index (χ1) is 19.9. The molecule has 1 aromatic heterocycles. The Morgan fingerprint density at radius 2 is 0.977 bits per heavy atom. The third kappa shape index (κ3) is 18.6. The normalized spacial score (nSPS) is 20.1. The third-order valence-corrected chi connectivity index (χ3v) is 10.5. The Morgan fingerprint density at radius 3 is 1.33 bits per heavy atom. The molecule has 43 heavy (non-hydrogen) atoms. The Hall–Kier alpha value is 0.766. The van der Waals surface area contributed by atoms with Crippen molar-refractivity contribution in [1.82, 2.24) is 19.7 Å². The first-order valence-electron chi connectivity index (χ1n) is 14.8. The van der Waals surface area contributed by atoms with Crippen molar-refractivity contribution in [3.63, 3.8) is 0 Å². The van der Waals surface area contributed by atoms with E-state index in [1.807, 2.05) is 20.8 Å². The van der Waals surface area contributed by atoms with Crippen LogP contribution in [0.5, 0.6) is 0 Å². The van der Waals surface area contributed by atoms with Crippen LogP contribution in [-0.2, 0) is 40.4 Å². The van der Waals surface area contributed by atoms with Gasteiger partial charge in [0.05, 0.1) is 50.1 Å². The van der Waals surface area contributed by atoms with E-state index >= 15 is 0 Å². The van der Waals surface area contributed by atoms with E-state index in [-0.39, 0.29) is 117 Å². The molecule has 0 saturated heterocycles. The minimum atomic E-state index is -4.24. The van der Waals surface area contributed by atoms with E-state index in [0.717, 1.165) is 19.3 Å². The third-order valence-electron chi connectivity index (χ3n) is 6.58. The molecule has 0 amide bonds. The van der Waals surface area contributed by atoms with Gasteiger partial charge in [0.25, 0.3) is 0 Å². The van der Waals surface area contributed by atoms with Crippen LogP contribution in [0.1, 0.15) is 70.7 Å². The Kier molecular flexibility index (Phi) is 21.0. The number of unbranched alkanes of at least 4 members (excludes halogenated alkanes) is 3. The van der Waals surface area contributed by atoms with Crippen molar-refractivity contribution in [2.45, 2.75) is 72.4 Å². The predicted molar refractivity (Wildman–Crippen MR) is 157 cm³/mol. The summed E-state index contributed by atoms with van der Waals surface area (Å²) >= 11 is 0. The van der Waals surface area contributed by atoms with Crippen molar-refractivity contribution in [3.8, 4) is 0 Å². The summed E-state index contributed by atoms with van der Waals surface area (Å²) in [6.45, 7) is 7.34. The van der Waals surface area contributed by atoms with Crippen LogP contribution in [0.2, 0.25) is 0 Å². The number of nitrogens with zero attached hydrogens (tertiary/aromatic N) is 4. The molecule has 1 aliphatic heterocycles. The molecule has 250 valence electrons. The second-order valence-corrected chi connectivity index (χ2v) is 15.9. The fraction of sp³-hybridized carbons (Fsp3) is 0.808. The molecule has 1 aliphatic rings. The number of pyridine rings is 1. The number of hydrogen-bond acceptors (Lipinski definition) is 13. The van der Waals surface area contributed by atoms with Gasteiger partial charge in [0.15, 0.2) is 0 Å². The molecule has 2 bridgehead atoms. The number of rotatable bonds is 18. The average molecular weight is 813 g/mol. The van der Waals surface area contributed by atoms with Crippen molar-refractivity contribution in [3.05, 3.63) is 29.6 Å². The average Bonchev–Trinajstić information content (AvgIpc) is 2.89. The van der Waals surface area contributed by atoms with E-state index < -0.39 is 22.8 Å². The molecule has 13 nitrogen and oxygen atoms in total. The molecule has 3 atom stereocenters. The van der Waals surface area contributed by atoms with Gasteiger partial charge in [0, 0.05) is 39.3 Å². The van der Waals surface area contributed by atoms with E-state index in [0.29, 0.717) is 30.7 Å². The molecule has 17 heteroatoms. The Balaban J connectivity index is 0.00000924. The van der Waals surface area contributed by atoms with Gasteiger partial charge >= 0.3 is 38.6 Å². The maximum atomic E-state index is 12.8. The maximum absolute atomic E-state index is 12.8. The summed E-state index contributed by atoms with van der Waals surface area (Å²) in [6, 6.07) is 5.35. The summed E-state index contributed by atoms with van der Waals surface area (Å²) in [5.41, 5.74) is 1.21. The van der Waals surface area contributed by atoms with E-state index in [1.165, 1.54) is 0 Å². The zero-order chi connectivity index (χ0) is 31.1. The second-order valence-electron chi connectivity index (χ2n) is 10.7. The van der Waals surface area contributed by atoms with Crippen LogP contribution in [0.25, 0.3) is 0 Å². The zero-order valence-electron chi connectivity index (χ0n) is 25.6. The molecular weight excluding hydrogens is 764 g/mol. The molecule has 2 rings (SSSR count). The molecule has 0 saturated carbocycles. The molecule has 3 unspecified atom stereocenters. The Labute approximate surface area is 288 Å². The van der Waals surface area contributed by atoms with Gasteiger partial charge in [-0.1, -0.05) is 46.1 Å². The van der Waals surface area contributed by atoms with Gasteiger partial charge in [-0.3, -0.25) is 19.7 Å². The number of hydrogen-bond donors (Lipinski definition) is 0. The summed E-state index contributed by atoms with van der Waals surface area (Å²) in [6.07, 6.45) is 3.15. The molecule has 0 aromatic carbocycles. The predicted octanol–water partition coefficient (Wildman–Crippen LogP) is 2.98. The second kappa shape index (κ2) is 21.6.